The van der Waals surface area contributed by atoms with Crippen LogP contribution in [0.25, 0.3) is 0 Å². The summed E-state index contributed by atoms with van der Waals surface area (Å²) in [5.74, 6) is -0.336. The molecule has 4 N–H and O–H groups in total. The zero-order valence-corrected chi connectivity index (χ0v) is 16.0. The Morgan fingerprint density at radius 3 is 2.58 bits per heavy atom. The lowest BCUT2D eigenvalue weighted by atomic mass is 10.1. The number of aromatic nitrogens is 2. The van der Waals surface area contributed by atoms with Gasteiger partial charge in [-0.15, -0.1) is 0 Å². The van der Waals surface area contributed by atoms with Crippen molar-refractivity contribution in [2.75, 3.05) is 37.8 Å². The molecule has 0 aliphatic carbocycles. The molecule has 2 rings (SSSR count). The molecule has 1 aromatic heterocycles. The quantitative estimate of drug-likeness (QED) is 0.337. The number of nitrogens with two attached hydrogens (primary N) is 1. The number of nitrogens with zero attached hydrogens (tertiary/aromatic N) is 5. The van der Waals surface area contributed by atoms with Gasteiger partial charge in [0.15, 0.2) is 22.5 Å². The number of hydrazone groups is 1. The summed E-state index contributed by atoms with van der Waals surface area (Å²) in [6, 6.07) is 0. The van der Waals surface area contributed by atoms with Crippen LogP contribution in [0.5, 0.6) is 0 Å². The Bertz CT molecular complexity index is 793. The number of hydrogen-bond acceptors (Lipinski definition) is 8. The molecule has 0 bridgehead atoms. The molecule has 1 aliphatic heterocycles. The number of carbonyl (C=O) groups is 1. The Morgan fingerprint density at radius 1 is 1.31 bits per heavy atom. The van der Waals surface area contributed by atoms with Crippen LogP contribution in [-0.4, -0.2) is 62.1 Å². The lowest BCUT2D eigenvalue weighted by molar-refractivity contribution is 0.0974. The molecule has 2 heterocycles. The summed E-state index contributed by atoms with van der Waals surface area (Å²) >= 11 is 6.15. The Labute approximate surface area is 156 Å². The average molecular weight is 405 g/mol. The molecule has 144 valence electrons. The van der Waals surface area contributed by atoms with Gasteiger partial charge in [-0.05, 0) is 19.3 Å². The third kappa shape index (κ3) is 4.93. The number of amides is 1. The highest BCUT2D eigenvalue weighted by atomic mass is 35.5. The fraction of sp³-hybridized carbons (Fsp3) is 0.538. The summed E-state index contributed by atoms with van der Waals surface area (Å²) in [4.78, 5) is 24.2. The number of nitrogens with one attached hydrogen (secondary N) is 2. The molecule has 1 amide bonds. The molecule has 1 saturated heterocycles. The average Bonchev–Trinajstić information content (AvgIpc) is 2.60. The van der Waals surface area contributed by atoms with Crippen molar-refractivity contribution in [2.24, 2.45) is 5.10 Å². The van der Waals surface area contributed by atoms with Crippen molar-refractivity contribution in [2.45, 2.75) is 19.3 Å². The molecule has 0 unspecified atom stereocenters. The van der Waals surface area contributed by atoms with E-state index in [4.69, 9.17) is 17.3 Å². The van der Waals surface area contributed by atoms with Crippen LogP contribution in [-0.2, 0) is 10.2 Å². The highest BCUT2D eigenvalue weighted by molar-refractivity contribution is 7.87. The molecule has 1 fully saturated rings. The maximum atomic E-state index is 12.1. The van der Waals surface area contributed by atoms with E-state index < -0.39 is 16.1 Å². The summed E-state index contributed by atoms with van der Waals surface area (Å²) in [6.07, 6.45) is 4.07. The zero-order chi connectivity index (χ0) is 19.3. The first-order valence-corrected chi connectivity index (χ1v) is 9.64. The Hall–Kier alpha value is -2.18. The Kier molecular flexibility index (Phi) is 6.56. The van der Waals surface area contributed by atoms with Crippen molar-refractivity contribution < 1.29 is 13.2 Å². The molecular formula is C13H21ClN8O3S. The van der Waals surface area contributed by atoms with E-state index in [2.05, 4.69) is 20.4 Å². The number of nitrogen functional groups attached to an aromatic ring is 1. The minimum atomic E-state index is -3.74. The van der Waals surface area contributed by atoms with Gasteiger partial charge in [0.25, 0.3) is 5.91 Å². The summed E-state index contributed by atoms with van der Waals surface area (Å²) < 4.78 is 23.8. The summed E-state index contributed by atoms with van der Waals surface area (Å²) in [6.45, 7) is 1.61. The molecule has 26 heavy (non-hydrogen) atoms. The van der Waals surface area contributed by atoms with Gasteiger partial charge in [-0.2, -0.15) is 22.7 Å². The fourth-order valence-electron chi connectivity index (χ4n) is 2.23. The molecule has 0 aromatic carbocycles. The van der Waals surface area contributed by atoms with Gasteiger partial charge in [-0.1, -0.05) is 11.6 Å². The van der Waals surface area contributed by atoms with E-state index >= 15 is 0 Å². The maximum absolute atomic E-state index is 12.1. The first-order chi connectivity index (χ1) is 12.2. The second-order valence-electron chi connectivity index (χ2n) is 5.73. The topological polar surface area (TPSA) is 146 Å². The van der Waals surface area contributed by atoms with Gasteiger partial charge in [0.05, 0.1) is 0 Å². The fourth-order valence-corrected chi connectivity index (χ4v) is 2.82. The van der Waals surface area contributed by atoms with Crippen molar-refractivity contribution >= 4 is 45.7 Å². The minimum Gasteiger partial charge on any atom is -0.382 e. The second-order valence-corrected chi connectivity index (χ2v) is 7.95. The van der Waals surface area contributed by atoms with Crippen molar-refractivity contribution in [3.8, 4) is 0 Å². The van der Waals surface area contributed by atoms with Crippen molar-refractivity contribution in [3.63, 3.8) is 0 Å². The van der Waals surface area contributed by atoms with Gasteiger partial charge in [0.2, 0.25) is 0 Å². The third-order valence-corrected chi connectivity index (χ3v) is 5.19. The number of anilines is 2. The van der Waals surface area contributed by atoms with Crippen molar-refractivity contribution in [3.05, 3.63) is 10.8 Å². The van der Waals surface area contributed by atoms with Gasteiger partial charge in [0.1, 0.15) is 6.34 Å². The molecule has 1 aliphatic rings. The lowest BCUT2D eigenvalue weighted by Gasteiger charge is -2.28. The summed E-state index contributed by atoms with van der Waals surface area (Å²) in [5.41, 5.74) is 5.66. The van der Waals surface area contributed by atoms with Gasteiger partial charge >= 0.3 is 10.2 Å². The monoisotopic (exact) mass is 404 g/mol. The summed E-state index contributed by atoms with van der Waals surface area (Å²) in [5, 5.41) is 5.73. The van der Waals surface area contributed by atoms with Crippen LogP contribution in [0.2, 0.25) is 5.15 Å². The second kappa shape index (κ2) is 8.47. The van der Waals surface area contributed by atoms with Crippen LogP contribution in [0.1, 0.15) is 29.8 Å². The minimum absolute atomic E-state index is 0.0743. The normalized spacial score (nSPS) is 15.5. The van der Waals surface area contributed by atoms with Crippen molar-refractivity contribution in [1.29, 1.82) is 0 Å². The van der Waals surface area contributed by atoms with E-state index in [0.717, 1.165) is 43.0 Å². The van der Waals surface area contributed by atoms with E-state index in [-0.39, 0.29) is 16.7 Å². The Morgan fingerprint density at radius 2 is 1.96 bits per heavy atom. The number of hydrogen-bond donors (Lipinski definition) is 3. The maximum Gasteiger partial charge on any atom is 0.316 e. The standard InChI is InChI=1S/C13H21ClN8O3S/c1-21(2)26(24,25)20-17-8-16-13(23)9-11(15)19-12(10(14)18-9)22-6-4-3-5-7-22/h8,20H,3-7H2,1-2H3,(H2,15,19)(H,16,17,23). The SMILES string of the molecule is CN(C)S(=O)(=O)N/N=C/NC(=O)c1nc(Cl)c(N2CCCCC2)nc1N. The predicted molar refractivity (Wildman–Crippen MR) is 99.2 cm³/mol. The van der Waals surface area contributed by atoms with Crippen LogP contribution in [0.3, 0.4) is 0 Å². The van der Waals surface area contributed by atoms with E-state index in [0.29, 0.717) is 5.82 Å². The summed E-state index contributed by atoms with van der Waals surface area (Å²) in [7, 11) is -1.07. The molecule has 0 atom stereocenters. The number of rotatable bonds is 6. The zero-order valence-electron chi connectivity index (χ0n) is 14.4. The van der Waals surface area contributed by atoms with Crippen LogP contribution < -0.4 is 20.8 Å². The first-order valence-electron chi connectivity index (χ1n) is 7.82. The van der Waals surface area contributed by atoms with Crippen LogP contribution in [0.15, 0.2) is 5.10 Å². The third-order valence-electron chi connectivity index (χ3n) is 3.64. The Balaban J connectivity index is 2.06. The van der Waals surface area contributed by atoms with Gasteiger partial charge < -0.3 is 16.0 Å². The van der Waals surface area contributed by atoms with E-state index in [1.807, 2.05) is 9.73 Å². The van der Waals surface area contributed by atoms with Crippen molar-refractivity contribution in [1.82, 2.24) is 24.4 Å². The highest BCUT2D eigenvalue weighted by Gasteiger charge is 2.21. The van der Waals surface area contributed by atoms with E-state index in [9.17, 15) is 13.2 Å². The molecular weight excluding hydrogens is 384 g/mol. The smallest absolute Gasteiger partial charge is 0.316 e. The molecule has 0 radical (unpaired) electrons. The van der Waals surface area contributed by atoms with Gasteiger partial charge in [-0.25, -0.2) is 9.97 Å². The van der Waals surface area contributed by atoms with Crippen LogP contribution >= 0.6 is 11.6 Å². The number of halogens is 1. The molecule has 0 saturated carbocycles. The van der Waals surface area contributed by atoms with Crippen LogP contribution in [0.4, 0.5) is 11.6 Å². The van der Waals surface area contributed by atoms with E-state index in [1.165, 1.54) is 14.1 Å². The largest absolute Gasteiger partial charge is 0.382 e. The van der Waals surface area contributed by atoms with Crippen LogP contribution in [0, 0.1) is 0 Å². The number of piperidine rings is 1. The molecule has 11 nitrogen and oxygen atoms in total. The highest BCUT2D eigenvalue weighted by Crippen LogP contribution is 2.26. The molecule has 1 aromatic rings. The van der Waals surface area contributed by atoms with Gasteiger partial charge in [0, 0.05) is 27.2 Å². The first kappa shape index (κ1) is 20.1. The predicted octanol–water partition coefficient (Wildman–Crippen LogP) is -0.228. The molecule has 0 spiro atoms. The van der Waals surface area contributed by atoms with E-state index in [1.54, 1.807) is 0 Å². The van der Waals surface area contributed by atoms with Gasteiger partial charge in [-0.3, -0.25) is 4.79 Å². The molecule has 13 heteroatoms. The lowest BCUT2D eigenvalue weighted by Crippen LogP contribution is -2.34. The number of carbonyl (C=O) groups excluding carboxylic acids is 1.